The van der Waals surface area contributed by atoms with E-state index in [2.05, 4.69) is 20.4 Å². The number of anilines is 2. The largest absolute Gasteiger partial charge is 0.345 e. The Morgan fingerprint density at radius 1 is 1.15 bits per heavy atom. The normalized spacial score (nSPS) is 16.2. The third-order valence-electron chi connectivity index (χ3n) is 5.14. The fourth-order valence-electron chi connectivity index (χ4n) is 3.42. The first-order chi connectivity index (χ1) is 15.7. The van der Waals surface area contributed by atoms with Crippen LogP contribution in [0.1, 0.15) is 6.92 Å². The Bertz CT molecular complexity index is 1350. The maximum Gasteiger partial charge on any atom is 0.265 e. The highest BCUT2D eigenvalue weighted by Gasteiger charge is 2.40. The Labute approximate surface area is 191 Å². The van der Waals surface area contributed by atoms with E-state index in [1.54, 1.807) is 43.6 Å². The van der Waals surface area contributed by atoms with Gasteiger partial charge in [-0.25, -0.2) is 17.7 Å². The minimum absolute atomic E-state index is 0.0216. The smallest absolute Gasteiger partial charge is 0.265 e. The molecule has 1 aliphatic heterocycles. The minimum Gasteiger partial charge on any atom is -0.345 e. The molecular formula is C22H22N6O4S. The molecule has 2 N–H and O–H groups in total. The average molecular weight is 467 g/mol. The van der Waals surface area contributed by atoms with Crippen LogP contribution in [0.3, 0.4) is 0 Å². The zero-order valence-electron chi connectivity index (χ0n) is 18.2. The molecule has 33 heavy (non-hydrogen) atoms. The van der Waals surface area contributed by atoms with Crippen LogP contribution < -0.4 is 10.3 Å². The van der Waals surface area contributed by atoms with Crippen molar-refractivity contribution in [3.63, 3.8) is 0 Å². The van der Waals surface area contributed by atoms with Crippen LogP contribution in [0, 0.1) is 5.92 Å². The van der Waals surface area contributed by atoms with Crippen molar-refractivity contribution in [2.24, 2.45) is 11.0 Å². The van der Waals surface area contributed by atoms with Crippen LogP contribution in [0.15, 0.2) is 70.9 Å². The van der Waals surface area contributed by atoms with Gasteiger partial charge in [0.1, 0.15) is 5.82 Å². The standard InChI is InChI=1S/C22H22N6O4S/c1-14-19(21(29)25-16-7-4-6-15(12-16)20-23-10-11-24-20)22(30)28(26-14)17-8-5-9-18(13-17)33(31,32)27(2)3/h4-13,19H,1-3H3,(H,23,24)(H,25,29). The molecule has 0 saturated heterocycles. The summed E-state index contributed by atoms with van der Waals surface area (Å²) in [5.41, 5.74) is 1.85. The second-order valence-electron chi connectivity index (χ2n) is 7.62. The molecule has 0 aliphatic carbocycles. The van der Waals surface area contributed by atoms with E-state index in [9.17, 15) is 18.0 Å². The monoisotopic (exact) mass is 466 g/mol. The minimum atomic E-state index is -3.69. The molecule has 0 spiro atoms. The summed E-state index contributed by atoms with van der Waals surface area (Å²) < 4.78 is 26.0. The zero-order valence-corrected chi connectivity index (χ0v) is 19.0. The first-order valence-corrected chi connectivity index (χ1v) is 11.4. The lowest BCUT2D eigenvalue weighted by Crippen LogP contribution is -2.36. The number of hydrogen-bond acceptors (Lipinski definition) is 6. The molecule has 1 unspecified atom stereocenters. The number of amides is 2. The molecule has 0 radical (unpaired) electrons. The molecule has 0 saturated carbocycles. The van der Waals surface area contributed by atoms with Gasteiger partial charge in [-0.15, -0.1) is 0 Å². The zero-order chi connectivity index (χ0) is 23.8. The maximum atomic E-state index is 13.1. The van der Waals surface area contributed by atoms with Crippen LogP contribution >= 0.6 is 0 Å². The Hall–Kier alpha value is -3.83. The summed E-state index contributed by atoms with van der Waals surface area (Å²) in [4.78, 5) is 33.2. The molecule has 2 amide bonds. The number of benzene rings is 2. The SMILES string of the molecule is CC1=NN(c2cccc(S(=O)(=O)N(C)C)c2)C(=O)C1C(=O)Nc1cccc(-c2ncc[nH]2)c1. The van der Waals surface area contributed by atoms with Crippen molar-refractivity contribution in [1.82, 2.24) is 14.3 Å². The van der Waals surface area contributed by atoms with E-state index in [0.29, 0.717) is 17.2 Å². The van der Waals surface area contributed by atoms with Crippen molar-refractivity contribution < 1.29 is 18.0 Å². The number of hydrazone groups is 1. The number of aromatic amines is 1. The highest BCUT2D eigenvalue weighted by Crippen LogP contribution is 2.28. The first kappa shape index (κ1) is 22.4. The van der Waals surface area contributed by atoms with Gasteiger partial charge in [-0.05, 0) is 37.3 Å². The molecule has 2 heterocycles. The lowest BCUT2D eigenvalue weighted by Gasteiger charge is -2.17. The molecule has 1 aromatic heterocycles. The van der Waals surface area contributed by atoms with Crippen molar-refractivity contribution in [2.45, 2.75) is 11.8 Å². The number of imidazole rings is 1. The third-order valence-corrected chi connectivity index (χ3v) is 6.95. The second-order valence-corrected chi connectivity index (χ2v) is 9.77. The third kappa shape index (κ3) is 4.28. The lowest BCUT2D eigenvalue weighted by atomic mass is 10.0. The van der Waals surface area contributed by atoms with Crippen molar-refractivity contribution in [3.05, 3.63) is 60.9 Å². The Kier molecular flexibility index (Phi) is 5.83. The number of sulfonamides is 1. The van der Waals surface area contributed by atoms with Crippen molar-refractivity contribution >= 4 is 38.9 Å². The maximum absolute atomic E-state index is 13.1. The average Bonchev–Trinajstić information content (AvgIpc) is 3.42. The predicted octanol–water partition coefficient (Wildman–Crippen LogP) is 2.30. The number of carbonyl (C=O) groups excluding carboxylic acids is 2. The van der Waals surface area contributed by atoms with Crippen LogP contribution in [0.25, 0.3) is 11.4 Å². The number of nitrogens with one attached hydrogen (secondary N) is 2. The van der Waals surface area contributed by atoms with Gasteiger partial charge in [-0.2, -0.15) is 10.1 Å². The van der Waals surface area contributed by atoms with Crippen molar-refractivity contribution in [1.29, 1.82) is 0 Å². The quantitative estimate of drug-likeness (QED) is 0.539. The number of hydrogen-bond donors (Lipinski definition) is 2. The lowest BCUT2D eigenvalue weighted by molar-refractivity contribution is -0.127. The van der Waals surface area contributed by atoms with E-state index >= 15 is 0 Å². The summed E-state index contributed by atoms with van der Waals surface area (Å²) in [6.07, 6.45) is 3.33. The highest BCUT2D eigenvalue weighted by molar-refractivity contribution is 7.89. The van der Waals surface area contributed by atoms with Gasteiger partial charge in [0.2, 0.25) is 15.9 Å². The summed E-state index contributed by atoms with van der Waals surface area (Å²) in [6.45, 7) is 1.59. The molecular weight excluding hydrogens is 444 g/mol. The van der Waals surface area contributed by atoms with Crippen molar-refractivity contribution in [2.75, 3.05) is 24.4 Å². The Morgan fingerprint density at radius 2 is 1.91 bits per heavy atom. The number of nitrogens with zero attached hydrogens (tertiary/aromatic N) is 4. The Morgan fingerprint density at radius 3 is 2.61 bits per heavy atom. The van der Waals surface area contributed by atoms with Gasteiger partial charge in [-0.3, -0.25) is 9.59 Å². The topological polar surface area (TPSA) is 128 Å². The van der Waals surface area contributed by atoms with Crippen LogP contribution in [0.5, 0.6) is 0 Å². The summed E-state index contributed by atoms with van der Waals surface area (Å²) >= 11 is 0. The molecule has 1 atom stereocenters. The molecule has 1 aliphatic rings. The van der Waals surface area contributed by atoms with E-state index < -0.39 is 27.8 Å². The summed E-state index contributed by atoms with van der Waals surface area (Å²) in [7, 11) is -0.847. The summed E-state index contributed by atoms with van der Waals surface area (Å²) in [5.74, 6) is -1.57. The van der Waals surface area contributed by atoms with Crippen LogP contribution in [0.4, 0.5) is 11.4 Å². The number of H-pyrrole nitrogens is 1. The fraction of sp³-hybridized carbons (Fsp3) is 0.182. The molecule has 0 bridgehead atoms. The summed E-state index contributed by atoms with van der Waals surface area (Å²) in [5, 5.41) is 8.05. The van der Waals surface area contributed by atoms with E-state index in [-0.39, 0.29) is 10.6 Å². The molecule has 10 nitrogen and oxygen atoms in total. The Balaban J connectivity index is 1.55. The predicted molar refractivity (Wildman–Crippen MR) is 124 cm³/mol. The van der Waals surface area contributed by atoms with Crippen LogP contribution in [-0.2, 0) is 19.6 Å². The number of rotatable bonds is 6. The highest BCUT2D eigenvalue weighted by atomic mass is 32.2. The molecule has 11 heteroatoms. The molecule has 2 aromatic carbocycles. The first-order valence-electron chi connectivity index (χ1n) is 10.0. The van der Waals surface area contributed by atoms with Crippen LogP contribution in [0.2, 0.25) is 0 Å². The van der Waals surface area contributed by atoms with E-state index in [1.807, 2.05) is 6.07 Å². The molecule has 4 rings (SSSR count). The molecule has 3 aromatic rings. The number of carbonyl (C=O) groups is 2. The van der Waals surface area contributed by atoms with Gasteiger partial charge in [0, 0.05) is 37.7 Å². The fourth-order valence-corrected chi connectivity index (χ4v) is 4.36. The van der Waals surface area contributed by atoms with Gasteiger partial charge in [0.05, 0.1) is 16.3 Å². The summed E-state index contributed by atoms with van der Waals surface area (Å²) in [6, 6.07) is 13.0. The van der Waals surface area contributed by atoms with E-state index in [4.69, 9.17) is 0 Å². The van der Waals surface area contributed by atoms with Gasteiger partial charge in [0.25, 0.3) is 5.91 Å². The number of aromatic nitrogens is 2. The van der Waals surface area contributed by atoms with Gasteiger partial charge in [-0.1, -0.05) is 18.2 Å². The van der Waals surface area contributed by atoms with E-state index in [0.717, 1.165) is 14.9 Å². The molecule has 170 valence electrons. The van der Waals surface area contributed by atoms with Gasteiger partial charge >= 0.3 is 0 Å². The molecule has 0 fully saturated rings. The van der Waals surface area contributed by atoms with Gasteiger partial charge in [0.15, 0.2) is 5.92 Å². The van der Waals surface area contributed by atoms with Gasteiger partial charge < -0.3 is 10.3 Å². The second kappa shape index (κ2) is 8.60. The van der Waals surface area contributed by atoms with Crippen molar-refractivity contribution in [3.8, 4) is 11.4 Å². The van der Waals surface area contributed by atoms with E-state index in [1.165, 1.54) is 32.3 Å². The van der Waals surface area contributed by atoms with Crippen LogP contribution in [-0.4, -0.2) is 54.3 Å².